The number of hydrogen-bond acceptors (Lipinski definition) is 7. The molecule has 0 saturated carbocycles. The Bertz CT molecular complexity index is 765. The minimum absolute atomic E-state index is 0.160. The molecule has 0 aromatic heterocycles. The van der Waals surface area contributed by atoms with E-state index in [1.54, 1.807) is 0 Å². The summed E-state index contributed by atoms with van der Waals surface area (Å²) in [7, 11) is 2.78. The summed E-state index contributed by atoms with van der Waals surface area (Å²) in [5, 5.41) is 12.1. The highest BCUT2D eigenvalue weighted by atomic mass is 32.2. The summed E-state index contributed by atoms with van der Waals surface area (Å²) in [6.07, 6.45) is 1.49. The predicted molar refractivity (Wildman–Crippen MR) is 102 cm³/mol. The van der Waals surface area contributed by atoms with Gasteiger partial charge in [-0.2, -0.15) is 0 Å². The Balaban J connectivity index is 2.20. The van der Waals surface area contributed by atoms with E-state index in [1.165, 1.54) is 32.4 Å². The lowest BCUT2D eigenvalue weighted by atomic mass is 10.1. The molecule has 0 unspecified atom stereocenters. The molecule has 1 fully saturated rings. The van der Waals surface area contributed by atoms with E-state index in [0.29, 0.717) is 12.1 Å². The van der Waals surface area contributed by atoms with Crippen molar-refractivity contribution in [2.24, 2.45) is 5.92 Å². The van der Waals surface area contributed by atoms with Gasteiger partial charge in [-0.1, -0.05) is 13.8 Å². The van der Waals surface area contributed by atoms with Crippen molar-refractivity contribution < 1.29 is 29.0 Å². The van der Waals surface area contributed by atoms with Crippen LogP contribution in [0.25, 0.3) is 6.08 Å². The van der Waals surface area contributed by atoms with Gasteiger partial charge < -0.3 is 19.9 Å². The second-order valence-electron chi connectivity index (χ2n) is 6.24. The molecule has 9 heteroatoms. The number of carbonyl (C=O) groups is 3. The number of rotatable bonds is 7. The molecule has 1 heterocycles. The molecule has 0 radical (unpaired) electrons. The Morgan fingerprint density at radius 2 is 1.85 bits per heavy atom. The van der Waals surface area contributed by atoms with Crippen molar-refractivity contribution in [2.45, 2.75) is 13.8 Å². The van der Waals surface area contributed by atoms with Crippen molar-refractivity contribution in [3.8, 4) is 17.2 Å². The number of hydrogen-bond donors (Lipinski definition) is 2. The van der Waals surface area contributed by atoms with Crippen LogP contribution in [0.2, 0.25) is 0 Å². The fourth-order valence-corrected chi connectivity index (χ4v) is 3.14. The minimum Gasteiger partial charge on any atom is -0.502 e. The molecule has 2 N–H and O–H groups in total. The molecule has 1 aromatic rings. The molecule has 2 rings (SSSR count). The van der Waals surface area contributed by atoms with Crippen molar-refractivity contribution in [1.82, 2.24) is 10.2 Å². The lowest BCUT2D eigenvalue weighted by Crippen LogP contribution is -2.40. The Morgan fingerprint density at radius 3 is 2.37 bits per heavy atom. The number of phenols is 1. The van der Waals surface area contributed by atoms with Gasteiger partial charge in [-0.3, -0.25) is 19.3 Å². The number of thioether (sulfide) groups is 1. The monoisotopic (exact) mass is 394 g/mol. The van der Waals surface area contributed by atoms with Gasteiger partial charge in [0, 0.05) is 6.54 Å². The fourth-order valence-electron chi connectivity index (χ4n) is 2.30. The summed E-state index contributed by atoms with van der Waals surface area (Å²) in [6.45, 7) is 4.04. The van der Waals surface area contributed by atoms with Crippen LogP contribution in [0.1, 0.15) is 19.4 Å². The maximum absolute atomic E-state index is 12.5. The first-order valence-electron chi connectivity index (χ1n) is 8.23. The van der Waals surface area contributed by atoms with E-state index in [9.17, 15) is 19.5 Å². The van der Waals surface area contributed by atoms with Crippen LogP contribution in [0.5, 0.6) is 17.2 Å². The summed E-state index contributed by atoms with van der Waals surface area (Å²) in [5.41, 5.74) is 0.510. The second kappa shape index (κ2) is 8.81. The van der Waals surface area contributed by atoms with Gasteiger partial charge in [0.15, 0.2) is 11.5 Å². The molecular weight excluding hydrogens is 372 g/mol. The molecule has 0 bridgehead atoms. The highest BCUT2D eigenvalue weighted by Crippen LogP contribution is 2.39. The van der Waals surface area contributed by atoms with Crippen LogP contribution in [-0.2, 0) is 9.59 Å². The molecule has 1 saturated heterocycles. The van der Waals surface area contributed by atoms with Crippen molar-refractivity contribution in [3.05, 3.63) is 22.6 Å². The molecule has 3 amide bonds. The Kier molecular flexibility index (Phi) is 6.73. The van der Waals surface area contributed by atoms with E-state index in [4.69, 9.17) is 9.47 Å². The number of carbonyl (C=O) groups excluding carboxylic acids is 3. The van der Waals surface area contributed by atoms with E-state index in [-0.39, 0.29) is 40.5 Å². The summed E-state index contributed by atoms with van der Waals surface area (Å²) in [5.74, 6) is -0.480. The Morgan fingerprint density at radius 1 is 1.26 bits per heavy atom. The third kappa shape index (κ3) is 4.94. The van der Waals surface area contributed by atoms with E-state index < -0.39 is 11.1 Å². The van der Waals surface area contributed by atoms with Gasteiger partial charge in [-0.15, -0.1) is 0 Å². The molecule has 0 spiro atoms. The number of nitrogens with one attached hydrogen (secondary N) is 1. The number of amides is 3. The zero-order chi connectivity index (χ0) is 20.1. The van der Waals surface area contributed by atoms with Crippen LogP contribution in [0, 0.1) is 5.92 Å². The van der Waals surface area contributed by atoms with Crippen LogP contribution >= 0.6 is 11.8 Å². The maximum Gasteiger partial charge on any atom is 0.294 e. The minimum atomic E-state index is -0.546. The number of imide groups is 1. The van der Waals surface area contributed by atoms with Crippen molar-refractivity contribution in [3.63, 3.8) is 0 Å². The van der Waals surface area contributed by atoms with Crippen molar-refractivity contribution in [1.29, 1.82) is 0 Å². The molecule has 1 aliphatic rings. The first-order chi connectivity index (χ1) is 12.8. The van der Waals surface area contributed by atoms with Crippen LogP contribution in [-0.4, -0.2) is 54.4 Å². The van der Waals surface area contributed by atoms with Gasteiger partial charge >= 0.3 is 0 Å². The van der Waals surface area contributed by atoms with E-state index in [0.717, 1.165) is 16.7 Å². The van der Waals surface area contributed by atoms with Gasteiger partial charge in [0.1, 0.15) is 6.54 Å². The van der Waals surface area contributed by atoms with Crippen LogP contribution in [0.4, 0.5) is 4.79 Å². The summed E-state index contributed by atoms with van der Waals surface area (Å²) in [6, 6.07) is 3.03. The molecule has 8 nitrogen and oxygen atoms in total. The lowest BCUT2D eigenvalue weighted by molar-refractivity contribution is -0.129. The number of phenolic OH excluding ortho intramolecular Hbond substituents is 1. The van der Waals surface area contributed by atoms with E-state index in [1.807, 2.05) is 13.8 Å². The highest BCUT2D eigenvalue weighted by Gasteiger charge is 2.36. The van der Waals surface area contributed by atoms with Gasteiger partial charge in [0.05, 0.1) is 19.1 Å². The summed E-state index contributed by atoms with van der Waals surface area (Å²) < 4.78 is 10.2. The largest absolute Gasteiger partial charge is 0.502 e. The SMILES string of the molecule is COc1cc(/C=C2\SC(=O)N(CC(=O)NCC(C)C)C2=O)cc(OC)c1O. The van der Waals surface area contributed by atoms with Crippen LogP contribution < -0.4 is 14.8 Å². The lowest BCUT2D eigenvalue weighted by Gasteiger charge is -2.13. The smallest absolute Gasteiger partial charge is 0.294 e. The Labute approximate surface area is 161 Å². The molecular formula is C18H22N2O6S. The second-order valence-corrected chi connectivity index (χ2v) is 7.23. The molecule has 0 aliphatic carbocycles. The van der Waals surface area contributed by atoms with E-state index >= 15 is 0 Å². The van der Waals surface area contributed by atoms with E-state index in [2.05, 4.69) is 5.32 Å². The molecule has 0 atom stereocenters. The Hall–Kier alpha value is -2.68. The summed E-state index contributed by atoms with van der Waals surface area (Å²) in [4.78, 5) is 37.6. The zero-order valence-corrected chi connectivity index (χ0v) is 16.4. The first kappa shape index (κ1) is 20.6. The number of aromatic hydroxyl groups is 1. The summed E-state index contributed by atoms with van der Waals surface area (Å²) >= 11 is 0.749. The standard InChI is InChI=1S/C18H22N2O6S/c1-10(2)8-19-15(21)9-20-17(23)14(27-18(20)24)7-11-5-12(25-3)16(22)13(6-11)26-4/h5-7,10,22H,8-9H2,1-4H3,(H,19,21)/b14-7-. The molecule has 27 heavy (non-hydrogen) atoms. The van der Waals surface area contributed by atoms with Crippen molar-refractivity contribution in [2.75, 3.05) is 27.3 Å². The number of benzene rings is 1. The fraction of sp³-hybridized carbons (Fsp3) is 0.389. The first-order valence-corrected chi connectivity index (χ1v) is 9.05. The van der Waals surface area contributed by atoms with Crippen LogP contribution in [0.3, 0.4) is 0 Å². The predicted octanol–water partition coefficient (Wildman–Crippen LogP) is 2.22. The topological polar surface area (TPSA) is 105 Å². The number of methoxy groups -OCH3 is 2. The van der Waals surface area contributed by atoms with Crippen molar-refractivity contribution >= 4 is 34.9 Å². The average Bonchev–Trinajstić information content (AvgIpc) is 2.88. The van der Waals surface area contributed by atoms with Gasteiger partial charge in [-0.05, 0) is 41.5 Å². The number of nitrogens with zero attached hydrogens (tertiary/aromatic N) is 1. The average molecular weight is 394 g/mol. The third-order valence-electron chi connectivity index (χ3n) is 3.68. The van der Waals surface area contributed by atoms with Crippen LogP contribution in [0.15, 0.2) is 17.0 Å². The maximum atomic E-state index is 12.5. The van der Waals surface area contributed by atoms with Gasteiger partial charge in [0.2, 0.25) is 11.7 Å². The zero-order valence-electron chi connectivity index (χ0n) is 15.6. The number of ether oxygens (including phenoxy) is 2. The molecule has 1 aliphatic heterocycles. The quantitative estimate of drug-likeness (QED) is 0.683. The highest BCUT2D eigenvalue weighted by molar-refractivity contribution is 8.18. The van der Waals surface area contributed by atoms with Gasteiger partial charge in [0.25, 0.3) is 11.1 Å². The third-order valence-corrected chi connectivity index (χ3v) is 4.59. The normalized spacial score (nSPS) is 15.6. The molecule has 1 aromatic carbocycles. The molecule has 146 valence electrons. The van der Waals surface area contributed by atoms with Gasteiger partial charge in [-0.25, -0.2) is 0 Å².